The summed E-state index contributed by atoms with van der Waals surface area (Å²) >= 11 is 0. The van der Waals surface area contributed by atoms with Crippen molar-refractivity contribution in [2.75, 3.05) is 6.54 Å². The van der Waals surface area contributed by atoms with Crippen LogP contribution in [0.1, 0.15) is 44.6 Å². The molecule has 0 bridgehead atoms. The van der Waals surface area contributed by atoms with Gasteiger partial charge in [0.1, 0.15) is 0 Å². The molecule has 1 aliphatic carbocycles. The molecule has 1 fully saturated rings. The lowest BCUT2D eigenvalue weighted by atomic mass is 10.1. The van der Waals surface area contributed by atoms with Crippen LogP contribution in [-0.2, 0) is 13.1 Å². The third kappa shape index (κ3) is 2.90. The van der Waals surface area contributed by atoms with Crippen LogP contribution in [0, 0.1) is 5.92 Å². The van der Waals surface area contributed by atoms with Crippen molar-refractivity contribution in [1.29, 1.82) is 0 Å². The third-order valence-electron chi connectivity index (χ3n) is 4.54. The summed E-state index contributed by atoms with van der Waals surface area (Å²) in [6, 6.07) is 8.97. The number of hydrogen-bond donors (Lipinski definition) is 1. The molecule has 0 amide bonds. The van der Waals surface area contributed by atoms with E-state index in [-0.39, 0.29) is 0 Å². The number of rotatable bonds is 6. The SMILES string of the molecule is CCCNCc1cccc2ccn(CC3CCCC3)c12. The standard InChI is InChI=1S/C18H26N2/c1-2-11-19-13-17-9-5-8-16-10-12-20(18(16)17)14-15-6-3-4-7-15/h5,8-10,12,15,19H,2-4,6-7,11,13-14H2,1H3. The van der Waals surface area contributed by atoms with Crippen LogP contribution in [0.4, 0.5) is 0 Å². The van der Waals surface area contributed by atoms with Crippen molar-refractivity contribution >= 4 is 10.9 Å². The molecule has 0 radical (unpaired) electrons. The zero-order chi connectivity index (χ0) is 13.8. The zero-order valence-corrected chi connectivity index (χ0v) is 12.6. The Balaban J connectivity index is 1.83. The summed E-state index contributed by atoms with van der Waals surface area (Å²) in [6.45, 7) is 5.50. The molecule has 1 aliphatic rings. The van der Waals surface area contributed by atoms with Gasteiger partial charge in [0.2, 0.25) is 0 Å². The summed E-state index contributed by atoms with van der Waals surface area (Å²) in [5, 5.41) is 4.93. The van der Waals surface area contributed by atoms with E-state index in [1.807, 2.05) is 0 Å². The predicted molar refractivity (Wildman–Crippen MR) is 85.9 cm³/mol. The number of fused-ring (bicyclic) bond motifs is 1. The molecular weight excluding hydrogens is 244 g/mol. The number of nitrogens with zero attached hydrogens (tertiary/aromatic N) is 1. The molecule has 108 valence electrons. The van der Waals surface area contributed by atoms with E-state index in [2.05, 4.69) is 47.3 Å². The molecule has 0 saturated heterocycles. The van der Waals surface area contributed by atoms with E-state index < -0.39 is 0 Å². The van der Waals surface area contributed by atoms with Crippen LogP contribution < -0.4 is 5.32 Å². The molecule has 2 heteroatoms. The first-order valence-electron chi connectivity index (χ1n) is 8.16. The predicted octanol–water partition coefficient (Wildman–Crippen LogP) is 4.33. The van der Waals surface area contributed by atoms with Crippen molar-refractivity contribution in [3.05, 3.63) is 36.0 Å². The summed E-state index contributed by atoms with van der Waals surface area (Å²) in [4.78, 5) is 0. The van der Waals surface area contributed by atoms with E-state index in [4.69, 9.17) is 0 Å². The first-order chi connectivity index (χ1) is 9.88. The quantitative estimate of drug-likeness (QED) is 0.773. The lowest BCUT2D eigenvalue weighted by Crippen LogP contribution is -2.15. The monoisotopic (exact) mass is 270 g/mol. The lowest BCUT2D eigenvalue weighted by Gasteiger charge is -2.14. The molecule has 1 N–H and O–H groups in total. The lowest BCUT2D eigenvalue weighted by molar-refractivity contribution is 0.465. The van der Waals surface area contributed by atoms with Crippen molar-refractivity contribution in [2.24, 2.45) is 5.92 Å². The Kier molecular flexibility index (Phi) is 4.41. The number of aromatic nitrogens is 1. The molecule has 2 nitrogen and oxygen atoms in total. The maximum Gasteiger partial charge on any atom is 0.0525 e. The van der Waals surface area contributed by atoms with Gasteiger partial charge in [-0.2, -0.15) is 0 Å². The van der Waals surface area contributed by atoms with E-state index in [9.17, 15) is 0 Å². The Bertz CT molecular complexity index is 550. The van der Waals surface area contributed by atoms with E-state index in [0.29, 0.717) is 0 Å². The van der Waals surface area contributed by atoms with Crippen molar-refractivity contribution in [3.8, 4) is 0 Å². The molecule has 3 rings (SSSR count). The smallest absolute Gasteiger partial charge is 0.0525 e. The molecule has 20 heavy (non-hydrogen) atoms. The van der Waals surface area contributed by atoms with Gasteiger partial charge in [0.05, 0.1) is 5.52 Å². The molecule has 1 aromatic carbocycles. The highest BCUT2D eigenvalue weighted by Gasteiger charge is 2.16. The average Bonchev–Trinajstić information content (AvgIpc) is 3.10. The number of para-hydroxylation sites is 1. The van der Waals surface area contributed by atoms with E-state index in [1.165, 1.54) is 55.1 Å². The van der Waals surface area contributed by atoms with Crippen LogP contribution in [0.5, 0.6) is 0 Å². The molecule has 1 heterocycles. The van der Waals surface area contributed by atoms with Crippen LogP contribution in [0.2, 0.25) is 0 Å². The maximum absolute atomic E-state index is 3.54. The summed E-state index contributed by atoms with van der Waals surface area (Å²) in [5.74, 6) is 0.891. The van der Waals surface area contributed by atoms with Crippen LogP contribution in [0.25, 0.3) is 10.9 Å². The normalized spacial score (nSPS) is 16.2. The van der Waals surface area contributed by atoms with Gasteiger partial charge in [0, 0.05) is 19.3 Å². The highest BCUT2D eigenvalue weighted by atomic mass is 15.0. The van der Waals surface area contributed by atoms with Gasteiger partial charge in [-0.3, -0.25) is 0 Å². The Morgan fingerprint density at radius 2 is 2.05 bits per heavy atom. The molecule has 0 atom stereocenters. The van der Waals surface area contributed by atoms with Gasteiger partial charge in [-0.25, -0.2) is 0 Å². The summed E-state index contributed by atoms with van der Waals surface area (Å²) in [7, 11) is 0. The number of benzene rings is 1. The van der Waals surface area contributed by atoms with Crippen molar-refractivity contribution in [2.45, 2.75) is 52.1 Å². The summed E-state index contributed by atoms with van der Waals surface area (Å²) in [6.07, 6.45) is 9.15. The van der Waals surface area contributed by atoms with Crippen molar-refractivity contribution in [1.82, 2.24) is 9.88 Å². The van der Waals surface area contributed by atoms with Gasteiger partial charge in [-0.05, 0) is 48.7 Å². The van der Waals surface area contributed by atoms with Gasteiger partial charge >= 0.3 is 0 Å². The van der Waals surface area contributed by atoms with E-state index in [1.54, 1.807) is 0 Å². The number of hydrogen-bond acceptors (Lipinski definition) is 1. The second kappa shape index (κ2) is 6.45. The largest absolute Gasteiger partial charge is 0.347 e. The minimum Gasteiger partial charge on any atom is -0.347 e. The van der Waals surface area contributed by atoms with Crippen LogP contribution in [0.15, 0.2) is 30.5 Å². The van der Waals surface area contributed by atoms with Gasteiger partial charge in [0.15, 0.2) is 0 Å². The topological polar surface area (TPSA) is 17.0 Å². The fourth-order valence-electron chi connectivity index (χ4n) is 3.51. The highest BCUT2D eigenvalue weighted by Crippen LogP contribution is 2.29. The number of nitrogens with one attached hydrogen (secondary N) is 1. The van der Waals surface area contributed by atoms with E-state index >= 15 is 0 Å². The van der Waals surface area contributed by atoms with Crippen LogP contribution in [0.3, 0.4) is 0 Å². The van der Waals surface area contributed by atoms with Crippen LogP contribution in [-0.4, -0.2) is 11.1 Å². The molecule has 0 spiro atoms. The molecule has 0 aliphatic heterocycles. The van der Waals surface area contributed by atoms with Gasteiger partial charge in [-0.15, -0.1) is 0 Å². The first kappa shape index (κ1) is 13.7. The molecule has 1 saturated carbocycles. The Hall–Kier alpha value is -1.28. The summed E-state index contributed by atoms with van der Waals surface area (Å²) < 4.78 is 2.49. The minimum atomic E-state index is 0.891. The van der Waals surface area contributed by atoms with Gasteiger partial charge < -0.3 is 9.88 Å². The molecule has 1 aromatic heterocycles. The molecule has 0 unspecified atom stereocenters. The second-order valence-corrected chi connectivity index (χ2v) is 6.15. The van der Waals surface area contributed by atoms with Crippen LogP contribution >= 0.6 is 0 Å². The summed E-state index contributed by atoms with van der Waals surface area (Å²) in [5.41, 5.74) is 2.89. The van der Waals surface area contributed by atoms with E-state index in [0.717, 1.165) is 19.0 Å². The van der Waals surface area contributed by atoms with Gasteiger partial charge in [0.25, 0.3) is 0 Å². The molecule has 2 aromatic rings. The fourth-order valence-corrected chi connectivity index (χ4v) is 3.51. The van der Waals surface area contributed by atoms with Gasteiger partial charge in [-0.1, -0.05) is 38.0 Å². The second-order valence-electron chi connectivity index (χ2n) is 6.15. The zero-order valence-electron chi connectivity index (χ0n) is 12.6. The Morgan fingerprint density at radius 1 is 1.20 bits per heavy atom. The Morgan fingerprint density at radius 3 is 2.85 bits per heavy atom. The molecular formula is C18H26N2. The third-order valence-corrected chi connectivity index (χ3v) is 4.54. The highest BCUT2D eigenvalue weighted by molar-refractivity contribution is 5.83. The Labute approximate surface area is 122 Å². The average molecular weight is 270 g/mol. The first-order valence-corrected chi connectivity index (χ1v) is 8.16. The maximum atomic E-state index is 3.54. The van der Waals surface area contributed by atoms with Crippen molar-refractivity contribution < 1.29 is 0 Å². The minimum absolute atomic E-state index is 0.891. The fraction of sp³-hybridized carbons (Fsp3) is 0.556. The van der Waals surface area contributed by atoms with Crippen molar-refractivity contribution in [3.63, 3.8) is 0 Å².